The van der Waals surface area contributed by atoms with Gasteiger partial charge < -0.3 is 13.4 Å². The lowest BCUT2D eigenvalue weighted by Gasteiger charge is -2.10. The number of hydrogen-bond donors (Lipinski definition) is 0. The lowest BCUT2D eigenvalue weighted by atomic mass is 9.99. The van der Waals surface area contributed by atoms with E-state index >= 15 is 0 Å². The fourth-order valence-electron chi connectivity index (χ4n) is 8.45. The average molecular weight is 731 g/mol. The molecule has 4 aromatic heterocycles. The number of benzene rings is 8. The standard InChI is InChI=1S/C51H30N4O2/c1-3-13-31(14-4-1)49-52-50(32-15-5-2-6-16-32)54-51(53-49)34-25-27-38-39-20-11-19-35(48(39)57-46(38)30-34)33-26-28-44-40(29-33)47-43(23-12-24-45(47)56-44)55-41-21-9-7-17-36(41)37-18-8-10-22-42(37)55/h1-30H. The summed E-state index contributed by atoms with van der Waals surface area (Å²) in [7, 11) is 0. The molecular weight excluding hydrogens is 701 g/mol. The third kappa shape index (κ3) is 4.94. The highest BCUT2D eigenvalue weighted by molar-refractivity contribution is 6.16. The molecule has 0 amide bonds. The van der Waals surface area contributed by atoms with E-state index in [0.29, 0.717) is 17.5 Å². The summed E-state index contributed by atoms with van der Waals surface area (Å²) in [5.74, 6) is 1.83. The maximum Gasteiger partial charge on any atom is 0.164 e. The van der Waals surface area contributed by atoms with Gasteiger partial charge in [-0.3, -0.25) is 0 Å². The lowest BCUT2D eigenvalue weighted by molar-refractivity contribution is 0.668. The zero-order valence-corrected chi connectivity index (χ0v) is 30.4. The van der Waals surface area contributed by atoms with E-state index in [4.69, 9.17) is 23.8 Å². The predicted molar refractivity (Wildman–Crippen MR) is 230 cm³/mol. The van der Waals surface area contributed by atoms with Crippen molar-refractivity contribution >= 4 is 65.7 Å². The fraction of sp³-hybridized carbons (Fsp3) is 0. The summed E-state index contributed by atoms with van der Waals surface area (Å²) < 4.78 is 15.7. The molecule has 0 spiro atoms. The predicted octanol–water partition coefficient (Wildman–Crippen LogP) is 13.4. The summed E-state index contributed by atoms with van der Waals surface area (Å²) in [5.41, 5.74) is 11.4. The Bertz CT molecular complexity index is 3410. The first-order chi connectivity index (χ1) is 28.2. The van der Waals surface area contributed by atoms with Crippen molar-refractivity contribution in [2.75, 3.05) is 0 Å². The molecule has 0 aliphatic carbocycles. The van der Waals surface area contributed by atoms with Crippen molar-refractivity contribution < 1.29 is 8.83 Å². The van der Waals surface area contributed by atoms with Gasteiger partial charge in [0.1, 0.15) is 22.3 Å². The van der Waals surface area contributed by atoms with Crippen LogP contribution in [-0.2, 0) is 0 Å². The Morgan fingerprint density at radius 2 is 0.947 bits per heavy atom. The fourth-order valence-corrected chi connectivity index (χ4v) is 8.45. The van der Waals surface area contributed by atoms with Crippen molar-refractivity contribution in [3.8, 4) is 51.0 Å². The third-order valence-corrected chi connectivity index (χ3v) is 11.1. The van der Waals surface area contributed by atoms with Crippen molar-refractivity contribution in [3.05, 3.63) is 182 Å². The summed E-state index contributed by atoms with van der Waals surface area (Å²) in [6, 6.07) is 62.6. The molecule has 266 valence electrons. The van der Waals surface area contributed by atoms with Crippen LogP contribution in [0.2, 0.25) is 0 Å². The Morgan fingerprint density at radius 1 is 0.351 bits per heavy atom. The van der Waals surface area contributed by atoms with E-state index in [1.165, 1.54) is 10.8 Å². The number of nitrogens with zero attached hydrogens (tertiary/aromatic N) is 4. The molecule has 8 aromatic carbocycles. The molecule has 57 heavy (non-hydrogen) atoms. The highest BCUT2D eigenvalue weighted by Gasteiger charge is 2.20. The SMILES string of the molecule is c1ccc(-c2nc(-c3ccccc3)nc(-c3ccc4c(c3)oc3c(-c5ccc6oc7cccc(-n8c9ccccc9c9ccccc98)c7c6c5)cccc34)n2)cc1. The van der Waals surface area contributed by atoms with Gasteiger partial charge in [0.25, 0.3) is 0 Å². The number of rotatable bonds is 5. The van der Waals surface area contributed by atoms with E-state index in [2.05, 4.69) is 120 Å². The van der Waals surface area contributed by atoms with E-state index < -0.39 is 0 Å². The number of hydrogen-bond acceptors (Lipinski definition) is 5. The van der Waals surface area contributed by atoms with Crippen molar-refractivity contribution in [3.63, 3.8) is 0 Å². The average Bonchev–Trinajstić information content (AvgIpc) is 3.96. The monoisotopic (exact) mass is 730 g/mol. The molecule has 0 aliphatic heterocycles. The number of aromatic nitrogens is 4. The second-order valence-corrected chi connectivity index (χ2v) is 14.4. The molecule has 0 fully saturated rings. The Labute approximate surface area is 325 Å². The largest absolute Gasteiger partial charge is 0.456 e. The highest BCUT2D eigenvalue weighted by atomic mass is 16.3. The minimum Gasteiger partial charge on any atom is -0.456 e. The van der Waals surface area contributed by atoms with Gasteiger partial charge in [-0.05, 0) is 54.1 Å². The van der Waals surface area contributed by atoms with Crippen LogP contribution in [0.5, 0.6) is 0 Å². The second kappa shape index (κ2) is 12.3. The molecule has 6 nitrogen and oxygen atoms in total. The van der Waals surface area contributed by atoms with Gasteiger partial charge in [0.05, 0.1) is 22.1 Å². The van der Waals surface area contributed by atoms with E-state index in [-0.39, 0.29) is 0 Å². The normalized spacial score (nSPS) is 11.9. The molecule has 4 heterocycles. The van der Waals surface area contributed by atoms with E-state index in [1.807, 2.05) is 66.7 Å². The third-order valence-electron chi connectivity index (χ3n) is 11.1. The lowest BCUT2D eigenvalue weighted by Crippen LogP contribution is -2.00. The summed E-state index contributed by atoms with van der Waals surface area (Å²) in [6.45, 7) is 0. The van der Waals surface area contributed by atoms with Crippen LogP contribution in [0.25, 0.3) is 117 Å². The van der Waals surface area contributed by atoms with Crippen LogP contribution in [-0.4, -0.2) is 19.5 Å². The van der Waals surface area contributed by atoms with Gasteiger partial charge in [-0.1, -0.05) is 133 Å². The van der Waals surface area contributed by atoms with E-state index in [9.17, 15) is 0 Å². The van der Waals surface area contributed by atoms with Gasteiger partial charge >= 0.3 is 0 Å². The first kappa shape index (κ1) is 31.5. The number of fused-ring (bicyclic) bond motifs is 9. The van der Waals surface area contributed by atoms with Crippen molar-refractivity contribution in [1.82, 2.24) is 19.5 Å². The van der Waals surface area contributed by atoms with Crippen LogP contribution in [0, 0.1) is 0 Å². The minimum atomic E-state index is 0.585. The van der Waals surface area contributed by atoms with Gasteiger partial charge in [-0.15, -0.1) is 0 Å². The number of para-hydroxylation sites is 3. The molecule has 6 heteroatoms. The van der Waals surface area contributed by atoms with Crippen molar-refractivity contribution in [1.29, 1.82) is 0 Å². The van der Waals surface area contributed by atoms with Gasteiger partial charge in [-0.25, -0.2) is 15.0 Å². The minimum absolute atomic E-state index is 0.585. The quantitative estimate of drug-likeness (QED) is 0.176. The number of furan rings is 2. The molecule has 0 N–H and O–H groups in total. The van der Waals surface area contributed by atoms with Crippen LogP contribution >= 0.6 is 0 Å². The topological polar surface area (TPSA) is 69.9 Å². The van der Waals surface area contributed by atoms with Gasteiger partial charge in [0.15, 0.2) is 17.5 Å². The summed E-state index contributed by atoms with van der Waals surface area (Å²) >= 11 is 0. The molecular formula is C51H30N4O2. The Morgan fingerprint density at radius 3 is 1.65 bits per heavy atom. The van der Waals surface area contributed by atoms with Crippen molar-refractivity contribution in [2.45, 2.75) is 0 Å². The molecule has 0 bridgehead atoms. The maximum absolute atomic E-state index is 6.79. The zero-order chi connectivity index (χ0) is 37.5. The maximum atomic E-state index is 6.79. The van der Waals surface area contributed by atoms with Crippen LogP contribution in [0.1, 0.15) is 0 Å². The molecule has 0 aliphatic rings. The molecule has 12 rings (SSSR count). The van der Waals surface area contributed by atoms with E-state index in [0.717, 1.165) is 88.4 Å². The van der Waals surface area contributed by atoms with E-state index in [1.54, 1.807) is 0 Å². The Hall–Kier alpha value is -7.83. The van der Waals surface area contributed by atoms with Gasteiger partial charge in [-0.2, -0.15) is 0 Å². The molecule has 0 saturated carbocycles. The highest BCUT2D eigenvalue weighted by Crippen LogP contribution is 2.42. The first-order valence-electron chi connectivity index (χ1n) is 19.0. The zero-order valence-electron chi connectivity index (χ0n) is 30.4. The van der Waals surface area contributed by atoms with Crippen LogP contribution in [0.4, 0.5) is 0 Å². The van der Waals surface area contributed by atoms with Crippen LogP contribution in [0.15, 0.2) is 191 Å². The molecule has 0 saturated heterocycles. The summed E-state index contributed by atoms with van der Waals surface area (Å²) in [4.78, 5) is 14.8. The summed E-state index contributed by atoms with van der Waals surface area (Å²) in [5, 5.41) is 6.64. The van der Waals surface area contributed by atoms with Crippen LogP contribution < -0.4 is 0 Å². The van der Waals surface area contributed by atoms with Gasteiger partial charge in [0.2, 0.25) is 0 Å². The second-order valence-electron chi connectivity index (χ2n) is 14.4. The first-order valence-corrected chi connectivity index (χ1v) is 19.0. The summed E-state index contributed by atoms with van der Waals surface area (Å²) in [6.07, 6.45) is 0. The smallest absolute Gasteiger partial charge is 0.164 e. The Balaban J connectivity index is 1.02. The molecule has 0 unspecified atom stereocenters. The Kier molecular flexibility index (Phi) is 6.83. The van der Waals surface area contributed by atoms with Gasteiger partial charge in [0, 0.05) is 49.2 Å². The molecule has 0 radical (unpaired) electrons. The molecule has 12 aromatic rings. The molecule has 0 atom stereocenters. The van der Waals surface area contributed by atoms with Crippen molar-refractivity contribution in [2.24, 2.45) is 0 Å². The van der Waals surface area contributed by atoms with Crippen LogP contribution in [0.3, 0.4) is 0 Å².